The summed E-state index contributed by atoms with van der Waals surface area (Å²) in [7, 11) is 7.09. The van der Waals surface area contributed by atoms with Crippen molar-refractivity contribution in [1.82, 2.24) is 33.9 Å². The Morgan fingerprint density at radius 2 is 1.74 bits per heavy atom. The van der Waals surface area contributed by atoms with Crippen LogP contribution in [0.25, 0.3) is 44.5 Å². The van der Waals surface area contributed by atoms with Crippen molar-refractivity contribution < 1.29 is 19.1 Å². The third-order valence-electron chi connectivity index (χ3n) is 11.2. The Morgan fingerprint density at radius 1 is 0.906 bits per heavy atom. The lowest BCUT2D eigenvalue weighted by molar-refractivity contribution is 0.0227. The van der Waals surface area contributed by atoms with E-state index < -0.39 is 0 Å². The molecule has 0 saturated carbocycles. The molecule has 274 valence electrons. The van der Waals surface area contributed by atoms with Gasteiger partial charge in [0.15, 0.2) is 5.82 Å². The molecule has 53 heavy (non-hydrogen) atoms. The van der Waals surface area contributed by atoms with Crippen molar-refractivity contribution in [1.29, 1.82) is 0 Å². The van der Waals surface area contributed by atoms with Gasteiger partial charge in [0.25, 0.3) is 11.8 Å². The standard InChI is InChI=1S/C41H46N8O4/c1-24-30-15-14-27-21-33(39-45-32-20-28(22-35(53-5)37(32)47(39)3)40(50)48-18-16-34(52-4)29(42)23-48)49(38(27)44-30)17-10-6-7-12-26-19-25-11-8-9-13-31(25)43-36(26)41(51)46(24)2/h8-9,11,13-15,19-22,24,29,34H,6-7,10,12,16-18,23,42H2,1-5H3/t24-,29+,34-/m1/s1. The Kier molecular flexibility index (Phi) is 9.11. The monoisotopic (exact) mass is 714 g/mol. The van der Waals surface area contributed by atoms with Crippen LogP contribution in [0, 0.1) is 0 Å². The van der Waals surface area contributed by atoms with Gasteiger partial charge in [-0.15, -0.1) is 0 Å². The highest BCUT2D eigenvalue weighted by Gasteiger charge is 2.31. The van der Waals surface area contributed by atoms with Crippen LogP contribution < -0.4 is 10.5 Å². The number of amides is 2. The second kappa shape index (κ2) is 13.9. The van der Waals surface area contributed by atoms with Gasteiger partial charge in [-0.25, -0.2) is 15.0 Å². The number of carbonyl (C=O) groups is 2. The van der Waals surface area contributed by atoms with E-state index in [0.717, 1.165) is 82.5 Å². The van der Waals surface area contributed by atoms with E-state index in [2.05, 4.69) is 28.8 Å². The highest BCUT2D eigenvalue weighted by molar-refractivity contribution is 6.00. The maximum Gasteiger partial charge on any atom is 0.273 e. The summed E-state index contributed by atoms with van der Waals surface area (Å²) in [6, 6.07) is 19.4. The molecule has 0 radical (unpaired) electrons. The average Bonchev–Trinajstić information content (AvgIpc) is 3.71. The average molecular weight is 715 g/mol. The first-order chi connectivity index (χ1) is 25.7. The molecule has 2 N–H and O–H groups in total. The van der Waals surface area contributed by atoms with Gasteiger partial charge in [-0.1, -0.05) is 24.6 Å². The number of hydrogen-bond acceptors (Lipinski definition) is 8. The van der Waals surface area contributed by atoms with E-state index in [1.807, 2.05) is 55.9 Å². The smallest absolute Gasteiger partial charge is 0.273 e. The lowest BCUT2D eigenvalue weighted by Gasteiger charge is -2.36. The summed E-state index contributed by atoms with van der Waals surface area (Å²) in [6.45, 7) is 3.74. The number of para-hydroxylation sites is 1. The Labute approximate surface area is 308 Å². The quantitative estimate of drug-likeness (QED) is 0.239. The van der Waals surface area contributed by atoms with Crippen LogP contribution in [0.1, 0.15) is 70.8 Å². The molecular weight excluding hydrogens is 669 g/mol. The molecule has 2 aliphatic rings. The highest BCUT2D eigenvalue weighted by atomic mass is 16.5. The number of imidazole rings is 1. The minimum Gasteiger partial charge on any atom is -0.494 e. The number of nitrogens with two attached hydrogens (primary N) is 1. The second-order valence-corrected chi connectivity index (χ2v) is 14.4. The topological polar surface area (TPSA) is 134 Å². The molecule has 2 amide bonds. The minimum absolute atomic E-state index is 0.0649. The summed E-state index contributed by atoms with van der Waals surface area (Å²) < 4.78 is 15.7. The number of nitrogens with zero attached hydrogens (tertiary/aromatic N) is 7. The lowest BCUT2D eigenvalue weighted by Crippen LogP contribution is -2.53. The zero-order valence-corrected chi connectivity index (χ0v) is 31.0. The molecule has 0 aliphatic carbocycles. The van der Waals surface area contributed by atoms with Crippen molar-refractivity contribution in [2.45, 2.75) is 63.8 Å². The number of hydrogen-bond donors (Lipinski definition) is 1. The van der Waals surface area contributed by atoms with Crippen molar-refractivity contribution in [3.8, 4) is 17.3 Å². The Morgan fingerprint density at radius 3 is 2.53 bits per heavy atom. The fourth-order valence-corrected chi connectivity index (χ4v) is 8.06. The zero-order chi connectivity index (χ0) is 37.0. The molecule has 12 nitrogen and oxygen atoms in total. The van der Waals surface area contributed by atoms with Gasteiger partial charge >= 0.3 is 0 Å². The van der Waals surface area contributed by atoms with E-state index >= 15 is 0 Å². The summed E-state index contributed by atoms with van der Waals surface area (Å²) in [5.41, 5.74) is 13.2. The first kappa shape index (κ1) is 34.7. The summed E-state index contributed by atoms with van der Waals surface area (Å²) in [4.78, 5) is 46.6. The summed E-state index contributed by atoms with van der Waals surface area (Å²) in [6.07, 6.45) is 4.17. The molecule has 2 bridgehead atoms. The summed E-state index contributed by atoms with van der Waals surface area (Å²) in [5.74, 6) is 1.11. The van der Waals surface area contributed by atoms with Crippen LogP contribution in [-0.2, 0) is 24.8 Å². The van der Waals surface area contributed by atoms with E-state index in [1.165, 1.54) is 0 Å². The van der Waals surface area contributed by atoms with Crippen molar-refractivity contribution in [2.24, 2.45) is 12.8 Å². The molecule has 4 aromatic heterocycles. The molecule has 0 spiro atoms. The third-order valence-corrected chi connectivity index (χ3v) is 11.2. The maximum absolute atomic E-state index is 14.1. The van der Waals surface area contributed by atoms with Crippen molar-refractivity contribution in [3.63, 3.8) is 0 Å². The number of aryl methyl sites for hydroxylation is 3. The van der Waals surface area contributed by atoms with E-state index in [-0.39, 0.29) is 30.0 Å². The molecule has 0 unspecified atom stereocenters. The summed E-state index contributed by atoms with van der Waals surface area (Å²) >= 11 is 0. The van der Waals surface area contributed by atoms with Crippen LogP contribution >= 0.6 is 0 Å². The van der Waals surface area contributed by atoms with Crippen LogP contribution in [0.4, 0.5) is 0 Å². The Hall–Kier alpha value is -5.33. The van der Waals surface area contributed by atoms with Crippen molar-refractivity contribution in [3.05, 3.63) is 83.2 Å². The Balaban J connectivity index is 1.18. The van der Waals surface area contributed by atoms with Gasteiger partial charge in [0.05, 0.1) is 41.7 Å². The molecule has 1 fully saturated rings. The van der Waals surface area contributed by atoms with Gasteiger partial charge in [0.2, 0.25) is 0 Å². The maximum atomic E-state index is 14.1. The third kappa shape index (κ3) is 6.09. The molecule has 2 aliphatic heterocycles. The normalized spacial score (nSPS) is 20.0. The fourth-order valence-electron chi connectivity index (χ4n) is 8.06. The SMILES string of the molecule is COc1cc(C(=O)N2CC[C@@H](OC)[C@@H](N)C2)cc2nc(-c3cc4ccc5nc4n3CCCCCc3cc4ccccc4nc3C(=O)N(C)[C@@H]5C)n(C)c12. The van der Waals surface area contributed by atoms with Crippen molar-refractivity contribution >= 4 is 44.8 Å². The number of methoxy groups -OCH3 is 2. The fraction of sp³-hybridized carbons (Fsp3) is 0.390. The number of benzene rings is 2. The van der Waals surface area contributed by atoms with E-state index in [1.54, 1.807) is 30.1 Å². The molecule has 8 rings (SSSR count). The molecule has 6 heterocycles. The first-order valence-corrected chi connectivity index (χ1v) is 18.4. The van der Waals surface area contributed by atoms with Crippen molar-refractivity contribution in [2.75, 3.05) is 34.4 Å². The largest absolute Gasteiger partial charge is 0.494 e. The molecule has 2 aromatic carbocycles. The van der Waals surface area contributed by atoms with E-state index in [9.17, 15) is 9.59 Å². The first-order valence-electron chi connectivity index (χ1n) is 18.4. The van der Waals surface area contributed by atoms with Gasteiger partial charge in [-0.05, 0) is 80.6 Å². The number of ether oxygens (including phenoxy) is 2. The predicted molar refractivity (Wildman–Crippen MR) is 205 cm³/mol. The molecule has 3 atom stereocenters. The zero-order valence-electron chi connectivity index (χ0n) is 31.0. The molecular formula is C41H46N8O4. The van der Waals surface area contributed by atoms with Gasteiger partial charge in [-0.2, -0.15) is 0 Å². The number of rotatable bonds is 4. The van der Waals surface area contributed by atoms with Gasteiger partial charge in [0, 0.05) is 63.2 Å². The van der Waals surface area contributed by atoms with Gasteiger partial charge < -0.3 is 34.1 Å². The molecule has 1 saturated heterocycles. The van der Waals surface area contributed by atoms with E-state index in [0.29, 0.717) is 42.0 Å². The number of carbonyl (C=O) groups excluding carboxylic acids is 2. The van der Waals surface area contributed by atoms with E-state index in [4.69, 9.17) is 30.2 Å². The lowest BCUT2D eigenvalue weighted by atomic mass is 10.0. The number of aromatic nitrogens is 5. The number of fused-ring (bicyclic) bond motifs is 4. The molecule has 6 aromatic rings. The minimum atomic E-state index is -0.298. The van der Waals surface area contributed by atoms with Gasteiger partial charge in [0.1, 0.15) is 22.6 Å². The number of likely N-dealkylation sites (tertiary alicyclic amines) is 1. The number of pyridine rings is 2. The Bertz CT molecular complexity index is 2380. The van der Waals surface area contributed by atoms with Crippen LogP contribution in [0.5, 0.6) is 5.75 Å². The second-order valence-electron chi connectivity index (χ2n) is 14.4. The highest BCUT2D eigenvalue weighted by Crippen LogP contribution is 2.36. The summed E-state index contributed by atoms with van der Waals surface area (Å²) in [5, 5.41) is 2.03. The van der Waals surface area contributed by atoms with Crippen LogP contribution in [0.15, 0.2) is 60.7 Å². The number of piperidine rings is 1. The molecule has 12 heteroatoms. The van der Waals surface area contributed by atoms with Gasteiger partial charge in [-0.3, -0.25) is 9.59 Å². The van der Waals surface area contributed by atoms with Crippen LogP contribution in [-0.4, -0.2) is 92.2 Å². The van der Waals surface area contributed by atoms with Crippen LogP contribution in [0.3, 0.4) is 0 Å². The predicted octanol–water partition coefficient (Wildman–Crippen LogP) is 5.89. The van der Waals surface area contributed by atoms with Crippen LogP contribution in [0.2, 0.25) is 0 Å².